The van der Waals surface area contributed by atoms with Gasteiger partial charge >= 0.3 is 0 Å². The Balaban J connectivity index is 0.00000162. The van der Waals surface area contributed by atoms with E-state index in [9.17, 15) is 4.79 Å². The lowest BCUT2D eigenvalue weighted by molar-refractivity contribution is 0.0920. The number of hydrogen-bond donors (Lipinski definition) is 2. The maximum atomic E-state index is 12.1. The van der Waals surface area contributed by atoms with E-state index in [1.54, 1.807) is 0 Å². The molecule has 2 unspecified atom stereocenters. The third kappa shape index (κ3) is 3.72. The topological polar surface area (TPSA) is 41.1 Å². The number of rotatable bonds is 2. The Labute approximate surface area is 115 Å². The summed E-state index contributed by atoms with van der Waals surface area (Å²) in [5.41, 5.74) is 1.87. The molecular formula is C14H21ClN2O. The summed E-state index contributed by atoms with van der Waals surface area (Å²) in [7, 11) is 0. The van der Waals surface area contributed by atoms with Crippen molar-refractivity contribution in [3.05, 3.63) is 35.4 Å². The average molecular weight is 269 g/mol. The molecule has 18 heavy (non-hydrogen) atoms. The van der Waals surface area contributed by atoms with Gasteiger partial charge < -0.3 is 10.6 Å². The first kappa shape index (κ1) is 15.0. The molecule has 2 N–H and O–H groups in total. The van der Waals surface area contributed by atoms with Gasteiger partial charge in [-0.25, -0.2) is 0 Å². The predicted octanol–water partition coefficient (Wildman–Crippen LogP) is 2.29. The van der Waals surface area contributed by atoms with E-state index in [0.29, 0.717) is 6.04 Å². The van der Waals surface area contributed by atoms with Gasteiger partial charge in [0.15, 0.2) is 0 Å². The summed E-state index contributed by atoms with van der Waals surface area (Å²) < 4.78 is 0. The lowest BCUT2D eigenvalue weighted by Crippen LogP contribution is -2.51. The maximum Gasteiger partial charge on any atom is 0.251 e. The molecule has 100 valence electrons. The van der Waals surface area contributed by atoms with Crippen molar-refractivity contribution in [2.24, 2.45) is 0 Å². The number of piperidine rings is 1. The molecular weight excluding hydrogens is 248 g/mol. The minimum Gasteiger partial charge on any atom is -0.348 e. The maximum absolute atomic E-state index is 12.1. The van der Waals surface area contributed by atoms with Gasteiger partial charge in [-0.15, -0.1) is 12.4 Å². The zero-order valence-corrected chi connectivity index (χ0v) is 11.7. The Kier molecular flexibility index (Phi) is 5.63. The van der Waals surface area contributed by atoms with E-state index in [-0.39, 0.29) is 24.4 Å². The molecule has 1 amide bonds. The second kappa shape index (κ2) is 6.76. The summed E-state index contributed by atoms with van der Waals surface area (Å²) in [6.45, 7) is 5.18. The average Bonchev–Trinajstić information content (AvgIpc) is 2.32. The number of halogens is 1. The number of amides is 1. The van der Waals surface area contributed by atoms with Crippen molar-refractivity contribution in [2.75, 3.05) is 6.54 Å². The molecule has 0 radical (unpaired) electrons. The molecule has 1 aliphatic rings. The van der Waals surface area contributed by atoms with Gasteiger partial charge in [-0.1, -0.05) is 17.7 Å². The van der Waals surface area contributed by atoms with Gasteiger partial charge in [-0.3, -0.25) is 4.79 Å². The molecule has 1 saturated heterocycles. The molecule has 1 aromatic carbocycles. The Morgan fingerprint density at radius 3 is 2.89 bits per heavy atom. The highest BCUT2D eigenvalue weighted by Gasteiger charge is 2.22. The number of nitrogens with one attached hydrogen (secondary N) is 2. The number of carbonyl (C=O) groups excluding carboxylic acids is 1. The SMILES string of the molecule is Cc1cccc(C(=O)NC2CCCNC2C)c1.Cl. The number of benzene rings is 1. The Morgan fingerprint density at radius 2 is 2.22 bits per heavy atom. The van der Waals surface area contributed by atoms with Gasteiger partial charge in [0, 0.05) is 17.6 Å². The first-order valence-corrected chi connectivity index (χ1v) is 6.28. The zero-order chi connectivity index (χ0) is 12.3. The van der Waals surface area contributed by atoms with Crippen LogP contribution in [0.4, 0.5) is 0 Å². The fourth-order valence-electron chi connectivity index (χ4n) is 2.28. The molecule has 4 heteroatoms. The Hall–Kier alpha value is -1.06. The van der Waals surface area contributed by atoms with Gasteiger partial charge in [0.25, 0.3) is 5.91 Å². The Morgan fingerprint density at radius 1 is 1.44 bits per heavy atom. The quantitative estimate of drug-likeness (QED) is 0.864. The van der Waals surface area contributed by atoms with Crippen molar-refractivity contribution >= 4 is 18.3 Å². The van der Waals surface area contributed by atoms with Crippen LogP contribution < -0.4 is 10.6 Å². The molecule has 1 aromatic rings. The van der Waals surface area contributed by atoms with Crippen LogP contribution in [0.2, 0.25) is 0 Å². The third-order valence-electron chi connectivity index (χ3n) is 3.36. The number of aryl methyl sites for hydroxylation is 1. The predicted molar refractivity (Wildman–Crippen MR) is 76.4 cm³/mol. The van der Waals surface area contributed by atoms with Gasteiger partial charge in [0.1, 0.15) is 0 Å². The summed E-state index contributed by atoms with van der Waals surface area (Å²) >= 11 is 0. The van der Waals surface area contributed by atoms with Gasteiger partial charge in [-0.2, -0.15) is 0 Å². The first-order chi connectivity index (χ1) is 8.16. The minimum atomic E-state index is 0. The molecule has 1 fully saturated rings. The van der Waals surface area contributed by atoms with E-state index in [4.69, 9.17) is 0 Å². The second-order valence-electron chi connectivity index (χ2n) is 4.83. The van der Waals surface area contributed by atoms with Gasteiger partial charge in [-0.05, 0) is 45.4 Å². The molecule has 2 rings (SSSR count). The largest absolute Gasteiger partial charge is 0.348 e. The summed E-state index contributed by atoms with van der Waals surface area (Å²) in [4.78, 5) is 12.1. The molecule has 0 saturated carbocycles. The van der Waals surface area contributed by atoms with Gasteiger partial charge in [0.05, 0.1) is 0 Å². The molecule has 3 nitrogen and oxygen atoms in total. The van der Waals surface area contributed by atoms with Crippen LogP contribution in [-0.4, -0.2) is 24.5 Å². The van der Waals surface area contributed by atoms with Gasteiger partial charge in [0.2, 0.25) is 0 Å². The summed E-state index contributed by atoms with van der Waals surface area (Å²) in [5, 5.41) is 6.50. The van der Waals surface area contributed by atoms with Crippen LogP contribution in [-0.2, 0) is 0 Å². The van der Waals surface area contributed by atoms with Crippen LogP contribution in [0, 0.1) is 6.92 Å². The normalized spacial score (nSPS) is 23.0. The molecule has 2 atom stereocenters. The molecule has 0 bridgehead atoms. The van der Waals surface area contributed by atoms with Crippen molar-refractivity contribution in [2.45, 2.75) is 38.8 Å². The van der Waals surface area contributed by atoms with E-state index in [2.05, 4.69) is 17.6 Å². The van der Waals surface area contributed by atoms with Crippen LogP contribution in [0.15, 0.2) is 24.3 Å². The third-order valence-corrected chi connectivity index (χ3v) is 3.36. The smallest absolute Gasteiger partial charge is 0.251 e. The van der Waals surface area contributed by atoms with E-state index < -0.39 is 0 Å². The highest BCUT2D eigenvalue weighted by molar-refractivity contribution is 5.94. The molecule has 1 heterocycles. The highest BCUT2D eigenvalue weighted by atomic mass is 35.5. The number of carbonyl (C=O) groups is 1. The zero-order valence-electron chi connectivity index (χ0n) is 10.9. The van der Waals surface area contributed by atoms with E-state index >= 15 is 0 Å². The molecule has 0 aromatic heterocycles. The van der Waals surface area contributed by atoms with Crippen LogP contribution in [0.1, 0.15) is 35.7 Å². The standard InChI is InChI=1S/C14H20N2O.ClH/c1-10-5-3-6-12(9-10)14(17)16-13-7-4-8-15-11(13)2;/h3,5-6,9,11,13,15H,4,7-8H2,1-2H3,(H,16,17);1H. The van der Waals surface area contributed by atoms with Crippen LogP contribution in [0.25, 0.3) is 0 Å². The summed E-state index contributed by atoms with van der Waals surface area (Å²) in [6.07, 6.45) is 2.19. The van der Waals surface area contributed by atoms with E-state index in [1.807, 2.05) is 31.2 Å². The van der Waals surface area contributed by atoms with E-state index in [1.165, 1.54) is 0 Å². The molecule has 1 aliphatic heterocycles. The molecule has 0 spiro atoms. The number of hydrogen-bond acceptors (Lipinski definition) is 2. The highest BCUT2D eigenvalue weighted by Crippen LogP contribution is 2.10. The van der Waals surface area contributed by atoms with Crippen LogP contribution in [0.5, 0.6) is 0 Å². The minimum absolute atomic E-state index is 0. The van der Waals surface area contributed by atoms with Crippen molar-refractivity contribution in [1.29, 1.82) is 0 Å². The van der Waals surface area contributed by atoms with Crippen molar-refractivity contribution < 1.29 is 4.79 Å². The van der Waals surface area contributed by atoms with Crippen molar-refractivity contribution in [1.82, 2.24) is 10.6 Å². The fraction of sp³-hybridized carbons (Fsp3) is 0.500. The van der Waals surface area contributed by atoms with E-state index in [0.717, 1.165) is 30.5 Å². The van der Waals surface area contributed by atoms with Crippen molar-refractivity contribution in [3.63, 3.8) is 0 Å². The summed E-state index contributed by atoms with van der Waals surface area (Å²) in [5.74, 6) is 0.0363. The lowest BCUT2D eigenvalue weighted by Gasteiger charge is -2.30. The Bertz CT molecular complexity index is 409. The first-order valence-electron chi connectivity index (χ1n) is 6.28. The van der Waals surface area contributed by atoms with Crippen LogP contribution in [0.3, 0.4) is 0 Å². The fourth-order valence-corrected chi connectivity index (χ4v) is 2.28. The monoisotopic (exact) mass is 268 g/mol. The van der Waals surface area contributed by atoms with Crippen LogP contribution >= 0.6 is 12.4 Å². The van der Waals surface area contributed by atoms with Crippen molar-refractivity contribution in [3.8, 4) is 0 Å². The molecule has 0 aliphatic carbocycles. The lowest BCUT2D eigenvalue weighted by atomic mass is 9.99. The second-order valence-corrected chi connectivity index (χ2v) is 4.83. The summed E-state index contributed by atoms with van der Waals surface area (Å²) in [6, 6.07) is 8.32.